The number of hydrogen-bond donors (Lipinski definition) is 2. The summed E-state index contributed by atoms with van der Waals surface area (Å²) in [7, 11) is 1.57. The van der Waals surface area contributed by atoms with Crippen LogP contribution in [0.25, 0.3) is 11.0 Å². The molecule has 2 aliphatic rings. The van der Waals surface area contributed by atoms with Gasteiger partial charge in [0.1, 0.15) is 10.8 Å². The fourth-order valence-corrected chi connectivity index (χ4v) is 5.37. The predicted molar refractivity (Wildman–Crippen MR) is 120 cm³/mol. The number of carbonyl (C=O) groups is 3. The van der Waals surface area contributed by atoms with Crippen LogP contribution in [0.5, 0.6) is 5.75 Å². The maximum absolute atomic E-state index is 12.9. The highest BCUT2D eigenvalue weighted by Crippen LogP contribution is 2.54. The molecule has 0 unspecified atom stereocenters. The average molecular weight is 484 g/mol. The Balaban J connectivity index is 1.75. The number of carbonyl (C=O) groups excluding carboxylic acids is 1. The number of nitrogens with zero attached hydrogens (tertiary/aromatic N) is 6. The van der Waals surface area contributed by atoms with Gasteiger partial charge in [0.05, 0.1) is 41.6 Å². The van der Waals surface area contributed by atoms with Crippen molar-refractivity contribution in [2.45, 2.75) is 43.7 Å². The lowest BCUT2D eigenvalue weighted by atomic mass is 9.96. The molecule has 1 aliphatic heterocycles. The van der Waals surface area contributed by atoms with Crippen molar-refractivity contribution in [1.82, 2.24) is 24.7 Å². The third kappa shape index (κ3) is 3.18. The van der Waals surface area contributed by atoms with Crippen molar-refractivity contribution >= 4 is 46.7 Å². The number of imide groups is 1. The van der Waals surface area contributed by atoms with Crippen molar-refractivity contribution in [1.29, 1.82) is 0 Å². The molecule has 0 saturated heterocycles. The van der Waals surface area contributed by atoms with E-state index in [2.05, 4.69) is 15.0 Å². The normalized spacial score (nSPS) is 15.9. The molecule has 12 nitrogen and oxygen atoms in total. The van der Waals surface area contributed by atoms with E-state index in [0.29, 0.717) is 40.4 Å². The van der Waals surface area contributed by atoms with Gasteiger partial charge in [-0.05, 0) is 26.7 Å². The zero-order chi connectivity index (χ0) is 24.4. The molecule has 1 fully saturated rings. The number of pyridine rings is 1. The van der Waals surface area contributed by atoms with Gasteiger partial charge in [-0.15, -0.1) is 4.90 Å². The second-order valence-electron chi connectivity index (χ2n) is 8.27. The van der Waals surface area contributed by atoms with E-state index in [-0.39, 0.29) is 28.6 Å². The highest BCUT2D eigenvalue weighted by atomic mass is 32.2. The molecule has 13 heteroatoms. The molecule has 4 heterocycles. The molecule has 3 aromatic heterocycles. The molecule has 176 valence electrons. The van der Waals surface area contributed by atoms with Crippen molar-refractivity contribution in [3.05, 3.63) is 28.7 Å². The topological polar surface area (TPSA) is 161 Å². The van der Waals surface area contributed by atoms with Gasteiger partial charge in [0, 0.05) is 17.3 Å². The third-order valence-electron chi connectivity index (χ3n) is 6.26. The Hall–Kier alpha value is -3.74. The van der Waals surface area contributed by atoms with Gasteiger partial charge in [-0.3, -0.25) is 9.78 Å². The number of fused-ring (bicyclic) bond motifs is 1. The molecule has 0 atom stereocenters. The Morgan fingerprint density at radius 3 is 2.56 bits per heavy atom. The molecular formula is C21H20N6O6S. The summed E-state index contributed by atoms with van der Waals surface area (Å²) in [5.74, 6) is 0.320. The molecule has 2 N–H and O–H groups in total. The first-order chi connectivity index (χ1) is 16.2. The summed E-state index contributed by atoms with van der Waals surface area (Å²) in [6, 6.07) is 0. The van der Waals surface area contributed by atoms with Crippen molar-refractivity contribution < 1.29 is 29.3 Å². The number of amides is 2. The summed E-state index contributed by atoms with van der Waals surface area (Å²) < 4.78 is 7.03. The lowest BCUT2D eigenvalue weighted by Crippen LogP contribution is -2.36. The highest BCUT2D eigenvalue weighted by Gasteiger charge is 2.55. The molecule has 3 aromatic rings. The molecule has 5 rings (SSSR count). The van der Waals surface area contributed by atoms with Crippen LogP contribution < -0.4 is 9.64 Å². The molecule has 0 aromatic carbocycles. The summed E-state index contributed by atoms with van der Waals surface area (Å²) in [5.41, 5.74) is 2.41. The Labute approximate surface area is 197 Å². The third-order valence-corrected chi connectivity index (χ3v) is 7.23. The van der Waals surface area contributed by atoms with Crippen molar-refractivity contribution in [2.24, 2.45) is 0 Å². The van der Waals surface area contributed by atoms with E-state index in [1.165, 1.54) is 4.68 Å². The van der Waals surface area contributed by atoms with E-state index in [0.717, 1.165) is 22.9 Å². The molecule has 1 aliphatic carbocycles. The number of ether oxygens (including phenoxy) is 1. The first kappa shape index (κ1) is 22.1. The Kier molecular flexibility index (Phi) is 4.97. The number of carboxylic acid groups (broad SMARTS) is 2. The van der Waals surface area contributed by atoms with E-state index < -0.39 is 23.5 Å². The van der Waals surface area contributed by atoms with Crippen molar-refractivity contribution in [2.75, 3.05) is 17.8 Å². The van der Waals surface area contributed by atoms with E-state index in [1.807, 2.05) is 13.8 Å². The van der Waals surface area contributed by atoms with E-state index in [1.54, 1.807) is 13.3 Å². The summed E-state index contributed by atoms with van der Waals surface area (Å²) in [6.45, 7) is 3.91. The standard InChI is InChI=1S/C21H20N6O6S/c1-9-6-22-11(10(2)14(9)33-3)7-26-16-13-15(25-26)21(4-5-21)12(28)8-34-17(13)24-18(23-16)27(19(29)30)20(31)32/h6H,4-5,7-8H2,1-3H3,(H,29,30)(H,31,32). The van der Waals surface area contributed by atoms with Gasteiger partial charge in [0.15, 0.2) is 11.4 Å². The number of hydrogen-bond acceptors (Lipinski definition) is 9. The van der Waals surface area contributed by atoms with Crippen LogP contribution in [-0.2, 0) is 16.8 Å². The molecule has 1 spiro atoms. The summed E-state index contributed by atoms with van der Waals surface area (Å²) in [6.07, 6.45) is -0.475. The average Bonchev–Trinajstić information content (AvgIpc) is 3.52. The van der Waals surface area contributed by atoms with E-state index >= 15 is 0 Å². The van der Waals surface area contributed by atoms with E-state index in [9.17, 15) is 24.6 Å². The van der Waals surface area contributed by atoms with Crippen LogP contribution in [-0.4, -0.2) is 65.8 Å². The smallest absolute Gasteiger partial charge is 0.424 e. The van der Waals surface area contributed by atoms with Crippen LogP contribution in [0.2, 0.25) is 0 Å². The van der Waals surface area contributed by atoms with Crippen LogP contribution in [0.4, 0.5) is 15.5 Å². The number of ketones is 1. The van der Waals surface area contributed by atoms with Crippen LogP contribution >= 0.6 is 11.8 Å². The Morgan fingerprint density at radius 1 is 1.24 bits per heavy atom. The molecule has 34 heavy (non-hydrogen) atoms. The number of thioether (sulfide) groups is 1. The summed E-state index contributed by atoms with van der Waals surface area (Å²) in [5, 5.41) is 24.5. The maximum atomic E-state index is 12.9. The lowest BCUT2D eigenvalue weighted by Gasteiger charge is -2.14. The van der Waals surface area contributed by atoms with Crippen LogP contribution in [0.1, 0.15) is 35.4 Å². The number of aryl methyl sites for hydroxylation is 1. The number of methoxy groups -OCH3 is 1. The minimum Gasteiger partial charge on any atom is -0.496 e. The zero-order valence-electron chi connectivity index (χ0n) is 18.5. The summed E-state index contributed by atoms with van der Waals surface area (Å²) in [4.78, 5) is 49.2. The quantitative estimate of drug-likeness (QED) is 0.524. The molecule has 0 radical (unpaired) electrons. The number of Topliss-reactive ketones (excluding diaryl/α,β-unsaturated/α-hetero) is 1. The van der Waals surface area contributed by atoms with Crippen LogP contribution in [0, 0.1) is 13.8 Å². The molecule has 1 saturated carbocycles. The SMILES string of the molecule is COc1c(C)cnc(Cn2nc3c4c(nc(N(C(=O)O)C(=O)O)nc42)SCC(=O)C32CC2)c1C. The first-order valence-corrected chi connectivity index (χ1v) is 11.4. The minimum absolute atomic E-state index is 0.0169. The number of anilines is 1. The number of aromatic nitrogens is 5. The second-order valence-corrected chi connectivity index (χ2v) is 9.24. The van der Waals surface area contributed by atoms with Gasteiger partial charge in [-0.1, -0.05) is 11.8 Å². The molecule has 2 amide bonds. The van der Waals surface area contributed by atoms with Gasteiger partial charge in [-0.2, -0.15) is 10.1 Å². The van der Waals surface area contributed by atoms with Gasteiger partial charge in [0.2, 0.25) is 5.95 Å². The lowest BCUT2D eigenvalue weighted by molar-refractivity contribution is -0.119. The Morgan fingerprint density at radius 2 is 1.94 bits per heavy atom. The first-order valence-electron chi connectivity index (χ1n) is 10.4. The van der Waals surface area contributed by atoms with Crippen molar-refractivity contribution in [3.63, 3.8) is 0 Å². The number of rotatable bonds is 4. The van der Waals surface area contributed by atoms with Crippen LogP contribution in [0.15, 0.2) is 11.2 Å². The fourth-order valence-electron chi connectivity index (χ4n) is 4.35. The fraction of sp³-hybridized carbons (Fsp3) is 0.381. The molecule has 0 bridgehead atoms. The predicted octanol–water partition coefficient (Wildman–Crippen LogP) is 2.76. The van der Waals surface area contributed by atoms with Gasteiger partial charge in [-0.25, -0.2) is 19.3 Å². The largest absolute Gasteiger partial charge is 0.496 e. The monoisotopic (exact) mass is 484 g/mol. The highest BCUT2D eigenvalue weighted by molar-refractivity contribution is 8.00. The van der Waals surface area contributed by atoms with Crippen molar-refractivity contribution in [3.8, 4) is 5.75 Å². The van der Waals surface area contributed by atoms with Crippen LogP contribution in [0.3, 0.4) is 0 Å². The van der Waals surface area contributed by atoms with Gasteiger partial charge < -0.3 is 14.9 Å². The molecular weight excluding hydrogens is 464 g/mol. The second kappa shape index (κ2) is 7.65. The van der Waals surface area contributed by atoms with Gasteiger partial charge in [0.25, 0.3) is 0 Å². The zero-order valence-corrected chi connectivity index (χ0v) is 19.3. The summed E-state index contributed by atoms with van der Waals surface area (Å²) >= 11 is 1.14. The maximum Gasteiger partial charge on any atom is 0.424 e. The van der Waals surface area contributed by atoms with Gasteiger partial charge >= 0.3 is 12.2 Å². The minimum atomic E-state index is -1.74. The Bertz CT molecular complexity index is 1380. The van der Waals surface area contributed by atoms with E-state index in [4.69, 9.17) is 9.84 Å².